The fourth-order valence-electron chi connectivity index (χ4n) is 3.56. The molecule has 8 nitrogen and oxygen atoms in total. The number of aromatic nitrogens is 3. The lowest BCUT2D eigenvalue weighted by molar-refractivity contribution is 0.505. The van der Waals surface area contributed by atoms with E-state index in [4.69, 9.17) is 10.2 Å². The number of nitrogens with two attached hydrogens (primary N) is 1. The van der Waals surface area contributed by atoms with E-state index in [0.717, 1.165) is 11.3 Å². The average Bonchev–Trinajstić information content (AvgIpc) is 3.05. The maximum absolute atomic E-state index is 12.8. The van der Waals surface area contributed by atoms with Crippen LogP contribution in [0, 0.1) is 18.8 Å². The minimum atomic E-state index is -0.493. The van der Waals surface area contributed by atoms with E-state index in [1.807, 2.05) is 56.0 Å². The smallest absolute Gasteiger partial charge is 0.330 e. The molecule has 0 saturated carbocycles. The minimum Gasteiger partial charge on any atom is -0.441 e. The molecule has 0 aliphatic carbocycles. The quantitative estimate of drug-likeness (QED) is 0.572. The predicted molar refractivity (Wildman–Crippen MR) is 123 cm³/mol. The van der Waals surface area contributed by atoms with Crippen LogP contribution < -0.4 is 21.9 Å². The number of hydrogen-bond acceptors (Lipinski definition) is 6. The summed E-state index contributed by atoms with van der Waals surface area (Å²) in [7, 11) is 0. The Kier molecular flexibility index (Phi) is 6.68. The number of nitrogen functional groups attached to an aromatic ring is 1. The van der Waals surface area contributed by atoms with Crippen LogP contribution in [-0.4, -0.2) is 21.1 Å². The Labute approximate surface area is 181 Å². The first kappa shape index (κ1) is 22.4. The second-order valence-electron chi connectivity index (χ2n) is 8.66. The number of benzene rings is 1. The number of nitrogens with zero attached hydrogens (tertiary/aromatic N) is 3. The van der Waals surface area contributed by atoms with Crippen LogP contribution in [0.25, 0.3) is 11.5 Å². The second kappa shape index (κ2) is 9.24. The van der Waals surface area contributed by atoms with Gasteiger partial charge in [0.2, 0.25) is 5.89 Å². The Morgan fingerprint density at radius 2 is 1.81 bits per heavy atom. The number of hydrogen-bond donors (Lipinski definition) is 2. The number of anilines is 2. The van der Waals surface area contributed by atoms with E-state index >= 15 is 0 Å². The fraction of sp³-hybridized carbons (Fsp3) is 0.435. The molecule has 1 aromatic carbocycles. The summed E-state index contributed by atoms with van der Waals surface area (Å²) in [6, 6.07) is 9.66. The lowest BCUT2D eigenvalue weighted by Crippen LogP contribution is -2.40. The first-order chi connectivity index (χ1) is 14.7. The van der Waals surface area contributed by atoms with E-state index in [0.29, 0.717) is 31.3 Å². The highest BCUT2D eigenvalue weighted by atomic mass is 16.4. The summed E-state index contributed by atoms with van der Waals surface area (Å²) in [6.45, 7) is 11.3. The van der Waals surface area contributed by atoms with Crippen LogP contribution in [0.3, 0.4) is 0 Å². The summed E-state index contributed by atoms with van der Waals surface area (Å²) in [4.78, 5) is 34.1. The van der Waals surface area contributed by atoms with Gasteiger partial charge < -0.3 is 15.1 Å². The van der Waals surface area contributed by atoms with Crippen LogP contribution in [-0.2, 0) is 13.1 Å². The van der Waals surface area contributed by atoms with Crippen LogP contribution in [0.15, 0.2) is 44.3 Å². The zero-order valence-corrected chi connectivity index (χ0v) is 18.8. The number of rotatable bonds is 8. The van der Waals surface area contributed by atoms with Gasteiger partial charge in [-0.05, 0) is 30.9 Å². The lowest BCUT2D eigenvalue weighted by Gasteiger charge is -2.27. The van der Waals surface area contributed by atoms with Crippen LogP contribution >= 0.6 is 0 Å². The van der Waals surface area contributed by atoms with Crippen LogP contribution in [0.2, 0.25) is 0 Å². The van der Waals surface area contributed by atoms with Crippen molar-refractivity contribution in [2.45, 2.75) is 47.7 Å². The normalized spacial score (nSPS) is 11.5. The van der Waals surface area contributed by atoms with Crippen molar-refractivity contribution in [3.63, 3.8) is 0 Å². The molecular formula is C23H31N5O3. The van der Waals surface area contributed by atoms with Crippen molar-refractivity contribution in [3.05, 3.63) is 62.6 Å². The molecule has 0 amide bonds. The number of oxazole rings is 1. The van der Waals surface area contributed by atoms with Gasteiger partial charge in [-0.1, -0.05) is 45.9 Å². The van der Waals surface area contributed by atoms with Gasteiger partial charge in [-0.3, -0.25) is 14.3 Å². The number of aromatic amines is 1. The maximum Gasteiger partial charge on any atom is 0.330 e. The van der Waals surface area contributed by atoms with Gasteiger partial charge in [-0.15, -0.1) is 0 Å². The largest absolute Gasteiger partial charge is 0.441 e. The molecule has 166 valence electrons. The molecule has 2 heterocycles. The molecule has 0 bridgehead atoms. The molecule has 2 aromatic heterocycles. The van der Waals surface area contributed by atoms with E-state index in [9.17, 15) is 9.59 Å². The summed E-state index contributed by atoms with van der Waals surface area (Å²) < 4.78 is 7.32. The molecule has 0 unspecified atom stereocenters. The van der Waals surface area contributed by atoms with Crippen molar-refractivity contribution >= 4 is 11.5 Å². The molecule has 3 rings (SSSR count). The third-order valence-electron chi connectivity index (χ3n) is 4.92. The Hall–Kier alpha value is -3.29. The van der Waals surface area contributed by atoms with Gasteiger partial charge >= 0.3 is 5.69 Å². The Bertz CT molecular complexity index is 1140. The SMILES string of the molecule is Cc1oc(-c2ccccc2)nc1CN(CC(C)C)c1c(N)n(CC(C)C)c(=O)[nH]c1=O. The molecule has 0 aliphatic heterocycles. The van der Waals surface area contributed by atoms with Crippen molar-refractivity contribution in [1.82, 2.24) is 14.5 Å². The highest BCUT2D eigenvalue weighted by molar-refractivity contribution is 5.63. The molecule has 0 aliphatic rings. The minimum absolute atomic E-state index is 0.174. The molecule has 3 N–H and O–H groups in total. The Balaban J connectivity index is 2.04. The van der Waals surface area contributed by atoms with Gasteiger partial charge in [-0.2, -0.15) is 0 Å². The molecule has 0 saturated heterocycles. The van der Waals surface area contributed by atoms with E-state index < -0.39 is 11.2 Å². The summed E-state index contributed by atoms with van der Waals surface area (Å²) in [5, 5.41) is 0. The van der Waals surface area contributed by atoms with Crippen molar-refractivity contribution in [1.29, 1.82) is 0 Å². The van der Waals surface area contributed by atoms with E-state index in [-0.39, 0.29) is 23.3 Å². The monoisotopic (exact) mass is 425 g/mol. The van der Waals surface area contributed by atoms with E-state index in [2.05, 4.69) is 23.8 Å². The summed E-state index contributed by atoms with van der Waals surface area (Å²) in [5.74, 6) is 1.84. The summed E-state index contributed by atoms with van der Waals surface area (Å²) in [5.41, 5.74) is 7.27. The van der Waals surface area contributed by atoms with Crippen molar-refractivity contribution < 1.29 is 4.42 Å². The van der Waals surface area contributed by atoms with Crippen molar-refractivity contribution in [2.24, 2.45) is 11.8 Å². The van der Waals surface area contributed by atoms with Gasteiger partial charge in [0.1, 0.15) is 23.0 Å². The molecule has 0 spiro atoms. The highest BCUT2D eigenvalue weighted by Crippen LogP contribution is 2.25. The zero-order valence-electron chi connectivity index (χ0n) is 18.8. The molecule has 0 radical (unpaired) electrons. The highest BCUT2D eigenvalue weighted by Gasteiger charge is 2.23. The van der Waals surface area contributed by atoms with Gasteiger partial charge in [-0.25, -0.2) is 9.78 Å². The lowest BCUT2D eigenvalue weighted by atomic mass is 10.1. The molecule has 0 atom stereocenters. The standard InChI is InChI=1S/C23H31N5O3/c1-14(2)11-27(19-20(24)28(12-15(3)4)23(30)26-21(19)29)13-18-16(5)31-22(25-18)17-9-7-6-8-10-17/h6-10,14-15H,11-13,24H2,1-5H3,(H,26,29,30). The molecular weight excluding hydrogens is 394 g/mol. The number of nitrogens with one attached hydrogen (secondary N) is 1. The van der Waals surface area contributed by atoms with E-state index in [1.165, 1.54) is 4.57 Å². The Morgan fingerprint density at radius 1 is 1.13 bits per heavy atom. The third-order valence-corrected chi connectivity index (χ3v) is 4.92. The molecule has 8 heteroatoms. The topological polar surface area (TPSA) is 110 Å². The van der Waals surface area contributed by atoms with Gasteiger partial charge in [0.05, 0.1) is 6.54 Å². The van der Waals surface area contributed by atoms with Crippen LogP contribution in [0.1, 0.15) is 39.1 Å². The molecule has 0 fully saturated rings. The van der Waals surface area contributed by atoms with E-state index in [1.54, 1.807) is 0 Å². The molecule has 3 aromatic rings. The fourth-order valence-corrected chi connectivity index (χ4v) is 3.56. The zero-order chi connectivity index (χ0) is 22.7. The van der Waals surface area contributed by atoms with Gasteiger partial charge in [0, 0.05) is 18.7 Å². The third kappa shape index (κ3) is 5.07. The van der Waals surface area contributed by atoms with Gasteiger partial charge in [0.15, 0.2) is 0 Å². The summed E-state index contributed by atoms with van der Waals surface area (Å²) >= 11 is 0. The number of H-pyrrole nitrogens is 1. The summed E-state index contributed by atoms with van der Waals surface area (Å²) in [6.07, 6.45) is 0. The predicted octanol–water partition coefficient (Wildman–Crippen LogP) is 3.40. The average molecular weight is 426 g/mol. The van der Waals surface area contributed by atoms with Crippen LogP contribution in [0.4, 0.5) is 11.5 Å². The Morgan fingerprint density at radius 3 is 2.42 bits per heavy atom. The van der Waals surface area contributed by atoms with Crippen LogP contribution in [0.5, 0.6) is 0 Å². The first-order valence-electron chi connectivity index (χ1n) is 10.6. The molecule has 31 heavy (non-hydrogen) atoms. The van der Waals surface area contributed by atoms with Gasteiger partial charge in [0.25, 0.3) is 5.56 Å². The first-order valence-corrected chi connectivity index (χ1v) is 10.6. The van der Waals surface area contributed by atoms with Crippen molar-refractivity contribution in [2.75, 3.05) is 17.2 Å². The van der Waals surface area contributed by atoms with Crippen molar-refractivity contribution in [3.8, 4) is 11.5 Å². The number of aryl methyl sites for hydroxylation is 1. The second-order valence-corrected chi connectivity index (χ2v) is 8.66. The maximum atomic E-state index is 12.8.